The number of rotatable bonds is 4. The molecule has 0 aromatic rings. The van der Waals surface area contributed by atoms with Crippen molar-refractivity contribution in [3.05, 3.63) is 23.4 Å². The first kappa shape index (κ1) is 16.0. The molecule has 0 saturated carbocycles. The van der Waals surface area contributed by atoms with E-state index in [-0.39, 0.29) is 7.33 Å². The predicted octanol–water partition coefficient (Wildman–Crippen LogP) is 4.44. The number of nitrogens with one attached hydrogen (secondary N) is 1. The zero-order chi connectivity index (χ0) is 13.3. The lowest BCUT2D eigenvalue weighted by molar-refractivity contribution is -0.120. The van der Waals surface area contributed by atoms with Crippen LogP contribution in [0.15, 0.2) is 23.4 Å². The first-order valence-electron chi connectivity index (χ1n) is 6.92. The summed E-state index contributed by atoms with van der Waals surface area (Å²) in [6.45, 7) is 10.2. The molecule has 1 amide bonds. The van der Waals surface area contributed by atoms with Crippen molar-refractivity contribution in [2.24, 2.45) is 5.92 Å². The Morgan fingerprint density at radius 3 is 2.53 bits per heavy atom. The van der Waals surface area contributed by atoms with Crippen LogP contribution in [0.3, 0.4) is 0 Å². The SMILES string of the molecule is CC.CCC(=O)NC1=C(CC)C(CC)CC=C1.[HH]. The van der Waals surface area contributed by atoms with E-state index in [2.05, 4.69) is 31.3 Å². The number of amides is 1. The highest BCUT2D eigenvalue weighted by atomic mass is 16.1. The van der Waals surface area contributed by atoms with Crippen molar-refractivity contribution < 1.29 is 6.22 Å². The second kappa shape index (κ2) is 9.03. The van der Waals surface area contributed by atoms with Crippen molar-refractivity contribution in [3.63, 3.8) is 0 Å². The molecule has 0 heterocycles. The van der Waals surface area contributed by atoms with Gasteiger partial charge in [0.25, 0.3) is 0 Å². The normalized spacial score (nSPS) is 18.5. The molecule has 1 aliphatic rings. The van der Waals surface area contributed by atoms with Crippen molar-refractivity contribution in [2.75, 3.05) is 0 Å². The van der Waals surface area contributed by atoms with Crippen LogP contribution in [0.4, 0.5) is 0 Å². The molecule has 0 fully saturated rings. The van der Waals surface area contributed by atoms with Gasteiger partial charge >= 0.3 is 0 Å². The molecule has 0 aromatic carbocycles. The smallest absolute Gasteiger partial charge is 0.224 e. The molecule has 1 unspecified atom stereocenters. The molecule has 0 aromatic heterocycles. The first-order valence-corrected chi connectivity index (χ1v) is 6.92. The average Bonchev–Trinajstić information content (AvgIpc) is 2.40. The molecule has 0 spiro atoms. The highest BCUT2D eigenvalue weighted by Gasteiger charge is 2.17. The van der Waals surface area contributed by atoms with Gasteiger partial charge in [0.15, 0.2) is 0 Å². The lowest BCUT2D eigenvalue weighted by Crippen LogP contribution is -2.25. The molecule has 1 N–H and O–H groups in total. The predicted molar refractivity (Wildman–Crippen MR) is 76.8 cm³/mol. The molecule has 17 heavy (non-hydrogen) atoms. The Morgan fingerprint density at radius 1 is 1.41 bits per heavy atom. The lowest BCUT2D eigenvalue weighted by Gasteiger charge is -2.23. The second-order valence-electron chi connectivity index (χ2n) is 3.94. The Hall–Kier alpha value is -1.05. The summed E-state index contributed by atoms with van der Waals surface area (Å²) < 4.78 is 0. The van der Waals surface area contributed by atoms with Crippen LogP contribution in [-0.2, 0) is 4.79 Å². The van der Waals surface area contributed by atoms with E-state index in [1.807, 2.05) is 20.8 Å². The van der Waals surface area contributed by atoms with E-state index < -0.39 is 0 Å². The minimum atomic E-state index is 0. The number of hydrogen-bond donors (Lipinski definition) is 1. The van der Waals surface area contributed by atoms with Gasteiger partial charge < -0.3 is 5.32 Å². The van der Waals surface area contributed by atoms with E-state index >= 15 is 0 Å². The van der Waals surface area contributed by atoms with Crippen LogP contribution in [0.2, 0.25) is 0 Å². The second-order valence-corrected chi connectivity index (χ2v) is 3.94. The van der Waals surface area contributed by atoms with Crippen LogP contribution < -0.4 is 5.32 Å². The van der Waals surface area contributed by atoms with Gasteiger partial charge in [-0.05, 0) is 36.8 Å². The van der Waals surface area contributed by atoms with Gasteiger partial charge in [-0.15, -0.1) is 0 Å². The molecule has 2 nitrogen and oxygen atoms in total. The van der Waals surface area contributed by atoms with Crippen molar-refractivity contribution in [3.8, 4) is 0 Å². The molecular formula is C15H29NO. The molecule has 0 saturated heterocycles. The third-order valence-electron chi connectivity index (χ3n) is 3.01. The Morgan fingerprint density at radius 2 is 2.06 bits per heavy atom. The van der Waals surface area contributed by atoms with E-state index in [1.165, 1.54) is 5.57 Å². The Bertz CT molecular complexity index is 295. The van der Waals surface area contributed by atoms with Gasteiger partial charge in [-0.1, -0.05) is 40.7 Å². The molecule has 1 atom stereocenters. The van der Waals surface area contributed by atoms with Gasteiger partial charge in [0.05, 0.1) is 0 Å². The topological polar surface area (TPSA) is 29.1 Å². The van der Waals surface area contributed by atoms with E-state index in [4.69, 9.17) is 0 Å². The maximum Gasteiger partial charge on any atom is 0.224 e. The van der Waals surface area contributed by atoms with Crippen LogP contribution in [0.5, 0.6) is 0 Å². The summed E-state index contributed by atoms with van der Waals surface area (Å²) in [4.78, 5) is 11.4. The van der Waals surface area contributed by atoms with Crippen molar-refractivity contribution in [2.45, 2.75) is 60.3 Å². The summed E-state index contributed by atoms with van der Waals surface area (Å²) >= 11 is 0. The molecule has 1 rings (SSSR count). The largest absolute Gasteiger partial charge is 0.326 e. The Kier molecular flexibility index (Phi) is 8.47. The fourth-order valence-electron chi connectivity index (χ4n) is 2.07. The molecular weight excluding hydrogens is 210 g/mol. The van der Waals surface area contributed by atoms with Crippen molar-refractivity contribution in [1.29, 1.82) is 0 Å². The Labute approximate surface area is 108 Å². The lowest BCUT2D eigenvalue weighted by atomic mass is 9.86. The average molecular weight is 239 g/mol. The van der Waals surface area contributed by atoms with E-state index in [1.54, 1.807) is 0 Å². The van der Waals surface area contributed by atoms with Gasteiger partial charge in [-0.2, -0.15) is 0 Å². The van der Waals surface area contributed by atoms with E-state index in [0.717, 1.165) is 25.0 Å². The van der Waals surface area contributed by atoms with Crippen LogP contribution in [0.25, 0.3) is 0 Å². The third kappa shape index (κ3) is 4.76. The van der Waals surface area contributed by atoms with Crippen molar-refractivity contribution >= 4 is 5.91 Å². The quantitative estimate of drug-likeness (QED) is 0.772. The van der Waals surface area contributed by atoms with Gasteiger partial charge in [-0.25, -0.2) is 0 Å². The highest BCUT2D eigenvalue weighted by molar-refractivity contribution is 5.78. The maximum atomic E-state index is 11.4. The summed E-state index contributed by atoms with van der Waals surface area (Å²) in [7, 11) is 0. The summed E-state index contributed by atoms with van der Waals surface area (Å²) in [6, 6.07) is 0. The Balaban J connectivity index is 0. The fourth-order valence-corrected chi connectivity index (χ4v) is 2.07. The van der Waals surface area contributed by atoms with E-state index in [0.29, 0.717) is 12.3 Å². The minimum Gasteiger partial charge on any atom is -0.326 e. The molecule has 100 valence electrons. The first-order chi connectivity index (χ1) is 8.22. The number of carbonyl (C=O) groups excluding carboxylic acids is 1. The van der Waals surface area contributed by atoms with Crippen LogP contribution in [0.1, 0.15) is 61.7 Å². The van der Waals surface area contributed by atoms with Crippen molar-refractivity contribution in [1.82, 2.24) is 5.32 Å². The zero-order valence-corrected chi connectivity index (χ0v) is 12.0. The van der Waals surface area contributed by atoms with Gasteiger partial charge in [0.2, 0.25) is 5.91 Å². The summed E-state index contributed by atoms with van der Waals surface area (Å²) in [6.07, 6.45) is 8.06. The molecule has 0 aliphatic heterocycles. The van der Waals surface area contributed by atoms with Gasteiger partial charge in [-0.3, -0.25) is 4.79 Å². The van der Waals surface area contributed by atoms with E-state index in [9.17, 15) is 4.79 Å². The molecule has 2 heteroatoms. The summed E-state index contributed by atoms with van der Waals surface area (Å²) in [5, 5.41) is 2.99. The standard InChI is InChI=1S/C13H21NO.C2H6.H2/c1-4-10-8-7-9-12(11(10)5-2)14-13(15)6-3;1-2;/h7,9-10H,4-6,8H2,1-3H3,(H,14,15);1-2H3;1H. The van der Waals surface area contributed by atoms with Crippen LogP contribution in [-0.4, -0.2) is 5.91 Å². The fraction of sp³-hybridized carbons (Fsp3) is 0.667. The number of hydrogen-bond acceptors (Lipinski definition) is 1. The van der Waals surface area contributed by atoms with Gasteiger partial charge in [0.1, 0.15) is 0 Å². The van der Waals surface area contributed by atoms with Gasteiger partial charge in [0, 0.05) is 13.5 Å². The highest BCUT2D eigenvalue weighted by Crippen LogP contribution is 2.29. The third-order valence-corrected chi connectivity index (χ3v) is 3.01. The molecule has 0 bridgehead atoms. The summed E-state index contributed by atoms with van der Waals surface area (Å²) in [5.74, 6) is 0.726. The maximum absolute atomic E-state index is 11.4. The number of allylic oxidation sites excluding steroid dienone is 3. The minimum absolute atomic E-state index is 0. The van der Waals surface area contributed by atoms with Crippen LogP contribution in [0, 0.1) is 5.92 Å². The zero-order valence-electron chi connectivity index (χ0n) is 12.0. The molecule has 0 radical (unpaired) electrons. The number of carbonyl (C=O) groups is 1. The summed E-state index contributed by atoms with van der Waals surface area (Å²) in [5.41, 5.74) is 2.45. The molecule has 1 aliphatic carbocycles. The monoisotopic (exact) mass is 239 g/mol. The van der Waals surface area contributed by atoms with Crippen LogP contribution >= 0.6 is 0 Å².